The Bertz CT molecular complexity index is 742. The van der Waals surface area contributed by atoms with Gasteiger partial charge in [0.25, 0.3) is 11.8 Å². The van der Waals surface area contributed by atoms with Crippen molar-refractivity contribution in [1.29, 1.82) is 0 Å². The van der Waals surface area contributed by atoms with E-state index in [1.807, 2.05) is 0 Å². The molecule has 1 N–H and O–H groups in total. The van der Waals surface area contributed by atoms with E-state index in [0.717, 1.165) is 12.8 Å². The van der Waals surface area contributed by atoms with Crippen molar-refractivity contribution < 1.29 is 19.1 Å². The van der Waals surface area contributed by atoms with Crippen LogP contribution in [0.5, 0.6) is 0 Å². The molecule has 1 unspecified atom stereocenters. The predicted octanol–water partition coefficient (Wildman–Crippen LogP) is 2.40. The van der Waals surface area contributed by atoms with Gasteiger partial charge < -0.3 is 19.3 Å². The first-order valence-corrected chi connectivity index (χ1v) is 8.42. The zero-order valence-corrected chi connectivity index (χ0v) is 14.2. The number of aliphatic hydroxyl groups excluding tert-OH is 1. The molecule has 25 heavy (non-hydrogen) atoms. The molecule has 0 spiro atoms. The van der Waals surface area contributed by atoms with Gasteiger partial charge in [-0.3, -0.25) is 9.59 Å². The minimum Gasteiger partial charge on any atom is -0.459 e. The second-order valence-corrected chi connectivity index (χ2v) is 6.30. The van der Waals surface area contributed by atoms with Crippen LogP contribution in [-0.4, -0.2) is 48.6 Å². The number of nitrogens with zero attached hydrogens (tertiary/aromatic N) is 2. The summed E-state index contributed by atoms with van der Waals surface area (Å²) in [4.78, 5) is 28.7. The van der Waals surface area contributed by atoms with Crippen LogP contribution >= 0.6 is 0 Å². The topological polar surface area (TPSA) is 74.0 Å². The number of anilines is 1. The molecule has 3 rings (SSSR count). The van der Waals surface area contributed by atoms with E-state index in [1.165, 1.54) is 11.2 Å². The Hall–Kier alpha value is -2.60. The fraction of sp³-hybridized carbons (Fsp3) is 0.368. The molecule has 1 aromatic carbocycles. The average molecular weight is 342 g/mol. The SMILES string of the molecule is CN(C(=O)c1ccco1)c1ccccc1C(=O)N1CCCC(CO)C1. The van der Waals surface area contributed by atoms with Crippen LogP contribution < -0.4 is 4.90 Å². The molecule has 2 aromatic rings. The third-order valence-electron chi connectivity index (χ3n) is 4.60. The van der Waals surface area contributed by atoms with E-state index < -0.39 is 0 Å². The van der Waals surface area contributed by atoms with Crippen LogP contribution in [0.1, 0.15) is 33.8 Å². The molecule has 0 radical (unpaired) electrons. The molecular weight excluding hydrogens is 320 g/mol. The molecule has 6 nitrogen and oxygen atoms in total. The molecular formula is C19H22N2O4. The molecule has 1 atom stereocenters. The van der Waals surface area contributed by atoms with Crippen molar-refractivity contribution in [2.24, 2.45) is 5.92 Å². The quantitative estimate of drug-likeness (QED) is 0.926. The molecule has 0 saturated carbocycles. The van der Waals surface area contributed by atoms with Crippen LogP contribution in [0.2, 0.25) is 0 Å². The summed E-state index contributed by atoms with van der Waals surface area (Å²) in [5.74, 6) is -0.0830. The number of likely N-dealkylation sites (tertiary alicyclic amines) is 1. The summed E-state index contributed by atoms with van der Waals surface area (Å²) in [6.45, 7) is 1.29. The first kappa shape index (κ1) is 17.2. The molecule has 2 amide bonds. The molecule has 0 aliphatic carbocycles. The number of para-hydroxylation sites is 1. The zero-order chi connectivity index (χ0) is 17.8. The highest BCUT2D eigenvalue weighted by Gasteiger charge is 2.27. The Labute approximate surface area is 146 Å². The maximum Gasteiger partial charge on any atom is 0.293 e. The van der Waals surface area contributed by atoms with Gasteiger partial charge >= 0.3 is 0 Å². The normalized spacial score (nSPS) is 17.4. The summed E-state index contributed by atoms with van der Waals surface area (Å²) in [5.41, 5.74) is 1.02. The first-order chi connectivity index (χ1) is 12.1. The Morgan fingerprint density at radius 3 is 2.80 bits per heavy atom. The smallest absolute Gasteiger partial charge is 0.293 e. The van der Waals surface area contributed by atoms with Gasteiger partial charge in [-0.15, -0.1) is 0 Å². The largest absolute Gasteiger partial charge is 0.459 e. The van der Waals surface area contributed by atoms with Gasteiger partial charge in [0.05, 0.1) is 17.5 Å². The maximum absolute atomic E-state index is 13.0. The van der Waals surface area contributed by atoms with Crippen LogP contribution in [0, 0.1) is 5.92 Å². The Morgan fingerprint density at radius 2 is 2.08 bits per heavy atom. The lowest BCUT2D eigenvalue weighted by Crippen LogP contribution is -2.41. The second-order valence-electron chi connectivity index (χ2n) is 6.30. The van der Waals surface area contributed by atoms with Crippen molar-refractivity contribution in [3.63, 3.8) is 0 Å². The highest BCUT2D eigenvalue weighted by atomic mass is 16.3. The van der Waals surface area contributed by atoms with Crippen LogP contribution in [0.25, 0.3) is 0 Å². The van der Waals surface area contributed by atoms with E-state index in [4.69, 9.17) is 4.42 Å². The predicted molar refractivity (Wildman–Crippen MR) is 93.6 cm³/mol. The summed E-state index contributed by atoms with van der Waals surface area (Å²) in [6, 6.07) is 10.3. The molecule has 6 heteroatoms. The number of furan rings is 1. The average Bonchev–Trinajstić information content (AvgIpc) is 3.21. The van der Waals surface area contributed by atoms with Crippen molar-refractivity contribution in [2.75, 3.05) is 31.6 Å². The Kier molecular flexibility index (Phi) is 5.19. The molecule has 1 fully saturated rings. The molecule has 2 heterocycles. The number of hydrogen-bond donors (Lipinski definition) is 1. The van der Waals surface area contributed by atoms with Gasteiger partial charge in [0.15, 0.2) is 5.76 Å². The number of carbonyl (C=O) groups excluding carboxylic acids is 2. The van der Waals surface area contributed by atoms with E-state index in [0.29, 0.717) is 24.3 Å². The summed E-state index contributed by atoms with van der Waals surface area (Å²) < 4.78 is 5.17. The fourth-order valence-electron chi connectivity index (χ4n) is 3.19. The molecule has 1 aliphatic rings. The number of rotatable bonds is 4. The summed E-state index contributed by atoms with van der Waals surface area (Å²) in [5, 5.41) is 9.38. The van der Waals surface area contributed by atoms with E-state index in [2.05, 4.69) is 0 Å². The summed E-state index contributed by atoms with van der Waals surface area (Å²) in [6.07, 6.45) is 3.25. The fourth-order valence-corrected chi connectivity index (χ4v) is 3.19. The number of piperidine rings is 1. The van der Waals surface area contributed by atoms with Crippen molar-refractivity contribution >= 4 is 17.5 Å². The van der Waals surface area contributed by atoms with Gasteiger partial charge in [0.1, 0.15) is 0 Å². The Morgan fingerprint density at radius 1 is 1.28 bits per heavy atom. The van der Waals surface area contributed by atoms with Crippen LogP contribution in [-0.2, 0) is 0 Å². The van der Waals surface area contributed by atoms with E-state index in [-0.39, 0.29) is 30.1 Å². The highest BCUT2D eigenvalue weighted by Crippen LogP contribution is 2.25. The van der Waals surface area contributed by atoms with Gasteiger partial charge in [0.2, 0.25) is 0 Å². The van der Waals surface area contributed by atoms with E-state index in [1.54, 1.807) is 48.3 Å². The van der Waals surface area contributed by atoms with Crippen molar-refractivity contribution in [3.05, 3.63) is 54.0 Å². The molecule has 132 valence electrons. The first-order valence-electron chi connectivity index (χ1n) is 8.42. The Balaban J connectivity index is 1.85. The lowest BCUT2D eigenvalue weighted by Gasteiger charge is -2.32. The van der Waals surface area contributed by atoms with Crippen LogP contribution in [0.15, 0.2) is 47.1 Å². The van der Waals surface area contributed by atoms with Crippen molar-refractivity contribution in [3.8, 4) is 0 Å². The lowest BCUT2D eigenvalue weighted by molar-refractivity contribution is 0.0621. The molecule has 1 saturated heterocycles. The van der Waals surface area contributed by atoms with Gasteiger partial charge in [-0.1, -0.05) is 12.1 Å². The number of carbonyl (C=O) groups is 2. The van der Waals surface area contributed by atoms with Gasteiger partial charge in [0, 0.05) is 26.7 Å². The van der Waals surface area contributed by atoms with Gasteiger partial charge in [-0.2, -0.15) is 0 Å². The monoisotopic (exact) mass is 342 g/mol. The van der Waals surface area contributed by atoms with E-state index >= 15 is 0 Å². The molecule has 0 bridgehead atoms. The third-order valence-corrected chi connectivity index (χ3v) is 4.60. The maximum atomic E-state index is 13.0. The second kappa shape index (κ2) is 7.53. The summed E-state index contributed by atoms with van der Waals surface area (Å²) in [7, 11) is 1.63. The number of aliphatic hydroxyl groups is 1. The third kappa shape index (κ3) is 3.58. The van der Waals surface area contributed by atoms with Crippen molar-refractivity contribution in [1.82, 2.24) is 4.90 Å². The lowest BCUT2D eigenvalue weighted by atomic mass is 9.98. The number of benzene rings is 1. The van der Waals surface area contributed by atoms with E-state index in [9.17, 15) is 14.7 Å². The molecule has 1 aliphatic heterocycles. The van der Waals surface area contributed by atoms with Crippen LogP contribution in [0.3, 0.4) is 0 Å². The highest BCUT2D eigenvalue weighted by molar-refractivity contribution is 6.09. The minimum absolute atomic E-state index is 0.0856. The molecule has 1 aromatic heterocycles. The van der Waals surface area contributed by atoms with Gasteiger partial charge in [-0.25, -0.2) is 0 Å². The standard InChI is InChI=1S/C19H22N2O4/c1-20(19(24)17-9-5-11-25-17)16-8-3-2-7-15(16)18(23)21-10-4-6-14(12-21)13-22/h2-3,5,7-9,11,14,22H,4,6,10,12-13H2,1H3. The van der Waals surface area contributed by atoms with Crippen LogP contribution in [0.4, 0.5) is 5.69 Å². The van der Waals surface area contributed by atoms with Crippen molar-refractivity contribution in [2.45, 2.75) is 12.8 Å². The van der Waals surface area contributed by atoms with Gasteiger partial charge in [-0.05, 0) is 43.0 Å². The minimum atomic E-state index is -0.308. The summed E-state index contributed by atoms with van der Waals surface area (Å²) >= 11 is 0. The zero-order valence-electron chi connectivity index (χ0n) is 14.2. The number of amides is 2. The number of hydrogen-bond acceptors (Lipinski definition) is 4.